The Morgan fingerprint density at radius 2 is 2.00 bits per heavy atom. The molecule has 176 valence electrons. The predicted molar refractivity (Wildman–Crippen MR) is 132 cm³/mol. The van der Waals surface area contributed by atoms with Crippen LogP contribution in [0.3, 0.4) is 0 Å². The van der Waals surface area contributed by atoms with Crippen LogP contribution in [0.4, 0.5) is 15.9 Å². The van der Waals surface area contributed by atoms with E-state index in [9.17, 15) is 9.18 Å². The van der Waals surface area contributed by atoms with E-state index in [4.69, 9.17) is 11.0 Å². The highest BCUT2D eigenvalue weighted by molar-refractivity contribution is 5.97. The summed E-state index contributed by atoms with van der Waals surface area (Å²) in [4.78, 5) is 21.2. The highest BCUT2D eigenvalue weighted by atomic mass is 19.1. The van der Waals surface area contributed by atoms with Gasteiger partial charge in [-0.25, -0.2) is 9.37 Å². The van der Waals surface area contributed by atoms with Crippen LogP contribution in [0.2, 0.25) is 0 Å². The molecular formula is C27H30FN5O. The molecule has 34 heavy (non-hydrogen) atoms. The Bertz CT molecular complexity index is 1150. The van der Waals surface area contributed by atoms with Gasteiger partial charge in [-0.1, -0.05) is 6.08 Å². The molecule has 2 fully saturated rings. The second-order valence-corrected chi connectivity index (χ2v) is 9.70. The summed E-state index contributed by atoms with van der Waals surface area (Å²) in [6.45, 7) is 7.43. The van der Waals surface area contributed by atoms with Gasteiger partial charge in [-0.3, -0.25) is 9.79 Å². The number of nitriles is 1. The minimum atomic E-state index is -1.03. The van der Waals surface area contributed by atoms with Gasteiger partial charge < -0.3 is 11.1 Å². The third-order valence-electron chi connectivity index (χ3n) is 7.68. The Morgan fingerprint density at radius 1 is 1.29 bits per heavy atom. The first-order valence-electron chi connectivity index (χ1n) is 11.7. The van der Waals surface area contributed by atoms with Crippen molar-refractivity contribution < 1.29 is 9.18 Å². The Kier molecular flexibility index (Phi) is 6.63. The van der Waals surface area contributed by atoms with Crippen molar-refractivity contribution in [3.8, 4) is 6.07 Å². The molecule has 1 amide bonds. The molecule has 4 rings (SSSR count). The number of nitrogens with zero attached hydrogens (tertiary/aromatic N) is 3. The van der Waals surface area contributed by atoms with E-state index in [0.717, 1.165) is 36.8 Å². The van der Waals surface area contributed by atoms with Crippen molar-refractivity contribution in [2.75, 3.05) is 5.32 Å². The van der Waals surface area contributed by atoms with Crippen molar-refractivity contribution in [2.24, 2.45) is 34.4 Å². The number of aliphatic imine (C=N–C) groups is 1. The number of rotatable bonds is 6. The zero-order valence-electron chi connectivity index (χ0n) is 19.6. The number of carbonyl (C=O) groups is 1. The molecule has 1 heterocycles. The molecule has 2 aliphatic carbocycles. The SMILES string of the molecule is C=Nc1ccc(F)cc1/C(=C\C)C1C[C@@H]2CC(C(C)(N)C(=O)Nc3ccc(C#N)cn3)C[C@@H]2C1. The maximum absolute atomic E-state index is 14.0. The number of anilines is 1. The average Bonchev–Trinajstić information content (AvgIpc) is 3.40. The minimum Gasteiger partial charge on any atom is -0.317 e. The van der Waals surface area contributed by atoms with Crippen molar-refractivity contribution in [3.63, 3.8) is 0 Å². The Labute approximate surface area is 199 Å². The number of nitrogens with two attached hydrogens (primary N) is 1. The molecule has 0 saturated heterocycles. The topological polar surface area (TPSA) is 104 Å². The molecule has 0 aliphatic heterocycles. The van der Waals surface area contributed by atoms with Crippen molar-refractivity contribution >= 4 is 29.7 Å². The van der Waals surface area contributed by atoms with E-state index in [2.05, 4.69) is 28.1 Å². The lowest BCUT2D eigenvalue weighted by Crippen LogP contribution is -2.53. The molecule has 1 aromatic carbocycles. The van der Waals surface area contributed by atoms with Gasteiger partial charge in [0.1, 0.15) is 17.7 Å². The van der Waals surface area contributed by atoms with Crippen molar-refractivity contribution in [1.82, 2.24) is 4.98 Å². The van der Waals surface area contributed by atoms with Gasteiger partial charge in [-0.05, 0) is 106 Å². The maximum atomic E-state index is 14.0. The zero-order valence-corrected chi connectivity index (χ0v) is 19.6. The molecule has 0 bridgehead atoms. The van der Waals surface area contributed by atoms with Crippen LogP contribution in [0.5, 0.6) is 0 Å². The molecular weight excluding hydrogens is 429 g/mol. The number of hydrogen-bond acceptors (Lipinski definition) is 5. The number of nitrogens with one attached hydrogen (secondary N) is 1. The molecule has 0 spiro atoms. The molecule has 2 saturated carbocycles. The van der Waals surface area contributed by atoms with Crippen LogP contribution in [0, 0.1) is 40.8 Å². The van der Waals surface area contributed by atoms with Crippen LogP contribution in [0.25, 0.3) is 5.57 Å². The van der Waals surface area contributed by atoms with Crippen LogP contribution in [0.1, 0.15) is 50.7 Å². The summed E-state index contributed by atoms with van der Waals surface area (Å²) in [7, 11) is 0. The molecule has 5 atom stereocenters. The Hall–Kier alpha value is -3.37. The summed E-state index contributed by atoms with van der Waals surface area (Å²) < 4.78 is 14.0. The van der Waals surface area contributed by atoms with E-state index in [1.165, 1.54) is 12.3 Å². The first-order valence-corrected chi connectivity index (χ1v) is 11.7. The molecule has 2 aromatic rings. The highest BCUT2D eigenvalue weighted by Crippen LogP contribution is 2.55. The molecule has 6 nitrogen and oxygen atoms in total. The normalized spacial score (nSPS) is 25.8. The second kappa shape index (κ2) is 9.47. The predicted octanol–water partition coefficient (Wildman–Crippen LogP) is 5.24. The number of pyridine rings is 1. The lowest BCUT2D eigenvalue weighted by Gasteiger charge is -2.31. The standard InChI is InChI=1S/C27H30FN5O/c1-4-22(23-13-21(28)6-7-24(23)31-3)19-9-17-11-20(12-18(17)10-19)27(2,30)26(34)33-25-8-5-16(14-29)15-32-25/h4-8,13,15,17-20H,3,9-12,30H2,1-2H3,(H,32,33,34)/b22-4-/t17-,18+,19?,20?,27?. The maximum Gasteiger partial charge on any atom is 0.245 e. The van der Waals surface area contributed by atoms with Gasteiger partial charge in [-0.15, -0.1) is 0 Å². The van der Waals surface area contributed by atoms with Gasteiger partial charge in [0, 0.05) is 11.8 Å². The van der Waals surface area contributed by atoms with Gasteiger partial charge in [0.2, 0.25) is 5.91 Å². The second-order valence-electron chi connectivity index (χ2n) is 9.70. The fraction of sp³-hybridized carbons (Fsp3) is 0.407. The number of benzene rings is 1. The third kappa shape index (κ3) is 4.51. The van der Waals surface area contributed by atoms with Crippen LogP contribution in [0.15, 0.2) is 47.6 Å². The average molecular weight is 460 g/mol. The lowest BCUT2D eigenvalue weighted by atomic mass is 9.80. The van der Waals surface area contributed by atoms with E-state index < -0.39 is 5.54 Å². The van der Waals surface area contributed by atoms with Crippen molar-refractivity contribution in [3.05, 3.63) is 59.5 Å². The van der Waals surface area contributed by atoms with Gasteiger partial charge in [0.25, 0.3) is 0 Å². The first kappa shape index (κ1) is 23.8. The van der Waals surface area contributed by atoms with E-state index in [0.29, 0.717) is 34.8 Å². The van der Waals surface area contributed by atoms with Crippen LogP contribution >= 0.6 is 0 Å². The summed E-state index contributed by atoms with van der Waals surface area (Å²) >= 11 is 0. The van der Waals surface area contributed by atoms with Crippen LogP contribution in [-0.4, -0.2) is 23.1 Å². The quantitative estimate of drug-likeness (QED) is 0.577. The number of allylic oxidation sites excluding steroid dienone is 2. The lowest BCUT2D eigenvalue weighted by molar-refractivity contribution is -0.122. The van der Waals surface area contributed by atoms with Gasteiger partial charge >= 0.3 is 0 Å². The summed E-state index contributed by atoms with van der Waals surface area (Å²) in [5, 5.41) is 11.7. The van der Waals surface area contributed by atoms with Gasteiger partial charge in [0.15, 0.2) is 0 Å². The van der Waals surface area contributed by atoms with Gasteiger partial charge in [0.05, 0.1) is 16.8 Å². The summed E-state index contributed by atoms with van der Waals surface area (Å²) in [6.07, 6.45) is 7.24. The van der Waals surface area contributed by atoms with E-state index >= 15 is 0 Å². The number of halogens is 1. The minimum absolute atomic E-state index is 0.0652. The number of hydrogen-bond donors (Lipinski definition) is 2. The first-order chi connectivity index (χ1) is 16.3. The summed E-state index contributed by atoms with van der Waals surface area (Å²) in [6, 6.07) is 9.87. The van der Waals surface area contributed by atoms with E-state index in [-0.39, 0.29) is 17.6 Å². The third-order valence-corrected chi connectivity index (χ3v) is 7.68. The Morgan fingerprint density at radius 3 is 2.56 bits per heavy atom. The zero-order chi connectivity index (χ0) is 24.5. The van der Waals surface area contributed by atoms with Crippen LogP contribution in [-0.2, 0) is 4.79 Å². The van der Waals surface area contributed by atoms with Crippen LogP contribution < -0.4 is 11.1 Å². The monoisotopic (exact) mass is 459 g/mol. The highest BCUT2D eigenvalue weighted by Gasteiger charge is 2.49. The molecule has 2 aliphatic rings. The molecule has 1 aromatic heterocycles. The molecule has 3 unspecified atom stereocenters. The summed E-state index contributed by atoms with van der Waals surface area (Å²) in [5.41, 5.74) is 8.62. The fourth-order valence-electron chi connectivity index (χ4n) is 5.82. The number of aromatic nitrogens is 1. The van der Waals surface area contributed by atoms with E-state index in [1.807, 2.05) is 13.0 Å². The van der Waals surface area contributed by atoms with Crippen molar-refractivity contribution in [2.45, 2.75) is 45.1 Å². The number of carbonyl (C=O) groups excluding carboxylic acids is 1. The Balaban J connectivity index is 1.42. The molecule has 3 N–H and O–H groups in total. The number of fused-ring (bicyclic) bond motifs is 1. The largest absolute Gasteiger partial charge is 0.317 e. The molecule has 7 heteroatoms. The van der Waals surface area contributed by atoms with Crippen molar-refractivity contribution in [1.29, 1.82) is 5.26 Å². The summed E-state index contributed by atoms with van der Waals surface area (Å²) in [5.74, 6) is 1.19. The number of amides is 1. The van der Waals surface area contributed by atoms with Gasteiger partial charge in [-0.2, -0.15) is 5.26 Å². The van der Waals surface area contributed by atoms with E-state index in [1.54, 1.807) is 31.2 Å². The smallest absolute Gasteiger partial charge is 0.245 e. The fourth-order valence-corrected chi connectivity index (χ4v) is 5.82. The molecule has 0 radical (unpaired) electrons.